The Morgan fingerprint density at radius 3 is 2.21 bits per heavy atom. The summed E-state index contributed by atoms with van der Waals surface area (Å²) in [7, 11) is -3.89. The fourth-order valence-electron chi connectivity index (χ4n) is 1.91. The fourth-order valence-corrected chi connectivity index (χ4v) is 4.88. The number of benzene rings is 2. The molecule has 0 spiro atoms. The van der Waals surface area contributed by atoms with Crippen molar-refractivity contribution in [2.24, 2.45) is 0 Å². The number of rotatable bonds is 6. The summed E-state index contributed by atoms with van der Waals surface area (Å²) in [6, 6.07) is 11.5. The van der Waals surface area contributed by atoms with Crippen LogP contribution in [0.5, 0.6) is 0 Å². The second kappa shape index (κ2) is 8.31. The van der Waals surface area contributed by atoms with Gasteiger partial charge in [0, 0.05) is 23.1 Å². The number of carbonyl (C=O) groups is 1. The van der Waals surface area contributed by atoms with Gasteiger partial charge in [-0.2, -0.15) is 0 Å². The van der Waals surface area contributed by atoms with Crippen LogP contribution in [-0.4, -0.2) is 27.4 Å². The Hall–Kier alpha value is -1.12. The predicted molar refractivity (Wildman–Crippen MR) is 98.1 cm³/mol. The topological polar surface area (TPSA) is 75.3 Å². The minimum atomic E-state index is -3.89. The minimum Gasteiger partial charge on any atom is -0.351 e. The third-order valence-electron chi connectivity index (χ3n) is 2.97. The fraction of sp³-hybridized carbons (Fsp3) is 0.133. The number of hydrogen-bond acceptors (Lipinski definition) is 3. The average molecular weight is 452 g/mol. The van der Waals surface area contributed by atoms with E-state index in [1.54, 1.807) is 30.3 Å². The maximum atomic E-state index is 12.3. The van der Waals surface area contributed by atoms with E-state index in [1.165, 1.54) is 12.1 Å². The zero-order valence-electron chi connectivity index (χ0n) is 12.2. The first-order valence-corrected chi connectivity index (χ1v) is 9.82. The number of carbonyl (C=O) groups excluding carboxylic acids is 1. The number of halogens is 3. The van der Waals surface area contributed by atoms with Gasteiger partial charge in [0.05, 0.1) is 10.0 Å². The van der Waals surface area contributed by atoms with Gasteiger partial charge in [0.25, 0.3) is 5.91 Å². The first kappa shape index (κ1) is 19.2. The molecule has 0 aliphatic rings. The summed E-state index contributed by atoms with van der Waals surface area (Å²) in [6.07, 6.45) is 0. The number of sulfonamides is 1. The molecule has 0 aliphatic heterocycles. The van der Waals surface area contributed by atoms with Crippen LogP contribution in [0.2, 0.25) is 10.0 Å². The van der Waals surface area contributed by atoms with Crippen LogP contribution < -0.4 is 10.0 Å². The average Bonchev–Trinajstić information content (AvgIpc) is 2.51. The van der Waals surface area contributed by atoms with Gasteiger partial charge in [-0.3, -0.25) is 4.79 Å². The van der Waals surface area contributed by atoms with Crippen LogP contribution in [0.1, 0.15) is 10.4 Å². The Balaban J connectivity index is 1.96. The highest BCUT2D eigenvalue weighted by atomic mass is 79.9. The van der Waals surface area contributed by atoms with Crippen molar-refractivity contribution < 1.29 is 13.2 Å². The lowest BCUT2D eigenvalue weighted by molar-refractivity contribution is 0.0954. The van der Waals surface area contributed by atoms with Crippen molar-refractivity contribution in [2.75, 3.05) is 13.1 Å². The van der Waals surface area contributed by atoms with Crippen LogP contribution in [-0.2, 0) is 10.0 Å². The molecule has 1 amide bonds. The van der Waals surface area contributed by atoms with Crippen molar-refractivity contribution in [3.8, 4) is 0 Å². The van der Waals surface area contributed by atoms with Crippen LogP contribution >= 0.6 is 39.1 Å². The molecule has 0 saturated heterocycles. The molecule has 0 unspecified atom stereocenters. The van der Waals surface area contributed by atoms with Crippen molar-refractivity contribution in [2.45, 2.75) is 4.90 Å². The van der Waals surface area contributed by atoms with Crippen molar-refractivity contribution in [1.82, 2.24) is 10.0 Å². The van der Waals surface area contributed by atoms with Crippen LogP contribution in [0, 0.1) is 0 Å². The van der Waals surface area contributed by atoms with E-state index in [0.29, 0.717) is 10.0 Å². The van der Waals surface area contributed by atoms with Gasteiger partial charge in [0.15, 0.2) is 0 Å². The first-order chi connectivity index (χ1) is 11.3. The Labute approximate surface area is 158 Å². The van der Waals surface area contributed by atoms with E-state index in [1.807, 2.05) is 0 Å². The number of hydrogen-bond donors (Lipinski definition) is 2. The van der Waals surface area contributed by atoms with Crippen molar-refractivity contribution in [1.29, 1.82) is 0 Å². The van der Waals surface area contributed by atoms with Crippen LogP contribution in [0.25, 0.3) is 0 Å². The second-order valence-corrected chi connectivity index (χ2v) is 8.15. The van der Waals surface area contributed by atoms with E-state index in [2.05, 4.69) is 26.0 Å². The predicted octanol–water partition coefficient (Wildman–Crippen LogP) is 3.46. The van der Waals surface area contributed by atoms with Crippen molar-refractivity contribution in [3.63, 3.8) is 0 Å². The van der Waals surface area contributed by atoms with Gasteiger partial charge in [-0.15, -0.1) is 0 Å². The highest BCUT2D eigenvalue weighted by Crippen LogP contribution is 2.32. The van der Waals surface area contributed by atoms with Gasteiger partial charge in [-0.1, -0.05) is 57.3 Å². The zero-order valence-corrected chi connectivity index (χ0v) is 16.1. The SMILES string of the molecule is O=C(NCCNS(=O)(=O)c1c(Cl)cc(Br)cc1Cl)c1ccccc1. The van der Waals surface area contributed by atoms with Gasteiger partial charge in [-0.25, -0.2) is 13.1 Å². The lowest BCUT2D eigenvalue weighted by atomic mass is 10.2. The smallest absolute Gasteiger partial charge is 0.251 e. The Morgan fingerprint density at radius 2 is 1.62 bits per heavy atom. The normalized spacial score (nSPS) is 11.3. The maximum absolute atomic E-state index is 12.3. The molecular weight excluding hydrogens is 439 g/mol. The highest BCUT2D eigenvalue weighted by molar-refractivity contribution is 9.10. The maximum Gasteiger partial charge on any atom is 0.251 e. The highest BCUT2D eigenvalue weighted by Gasteiger charge is 2.22. The minimum absolute atomic E-state index is 0.00360. The van der Waals surface area contributed by atoms with Gasteiger partial charge >= 0.3 is 0 Å². The molecule has 0 saturated carbocycles. The monoisotopic (exact) mass is 450 g/mol. The Kier molecular flexibility index (Phi) is 6.65. The van der Waals surface area contributed by atoms with Crippen LogP contribution in [0.3, 0.4) is 0 Å². The molecule has 128 valence electrons. The molecule has 0 radical (unpaired) electrons. The Bertz CT molecular complexity index is 822. The summed E-state index contributed by atoms with van der Waals surface area (Å²) in [5.74, 6) is -0.283. The van der Waals surface area contributed by atoms with E-state index < -0.39 is 10.0 Å². The van der Waals surface area contributed by atoms with Crippen molar-refractivity contribution in [3.05, 3.63) is 62.5 Å². The molecule has 2 aromatic carbocycles. The summed E-state index contributed by atoms with van der Waals surface area (Å²) < 4.78 is 27.5. The molecule has 5 nitrogen and oxygen atoms in total. The molecule has 0 aromatic heterocycles. The summed E-state index contributed by atoms with van der Waals surface area (Å²) in [5.41, 5.74) is 0.499. The first-order valence-electron chi connectivity index (χ1n) is 6.79. The quantitative estimate of drug-likeness (QED) is 0.660. The second-order valence-electron chi connectivity index (χ2n) is 4.72. The third kappa shape index (κ3) is 4.94. The molecule has 0 bridgehead atoms. The molecule has 9 heteroatoms. The summed E-state index contributed by atoms with van der Waals surface area (Å²) in [4.78, 5) is 11.7. The third-order valence-corrected chi connectivity index (χ3v) is 5.81. The standard InChI is InChI=1S/C15H13BrCl2N2O3S/c16-11-8-12(17)14(13(18)9-11)24(22,23)20-7-6-19-15(21)10-4-2-1-3-5-10/h1-5,8-9,20H,6-7H2,(H,19,21). The largest absolute Gasteiger partial charge is 0.351 e. The number of nitrogens with one attached hydrogen (secondary N) is 2. The molecule has 0 heterocycles. The summed E-state index contributed by atoms with van der Waals surface area (Å²) in [6.45, 7) is 0.127. The zero-order chi connectivity index (χ0) is 17.7. The molecule has 0 aliphatic carbocycles. The molecule has 24 heavy (non-hydrogen) atoms. The molecule has 0 fully saturated rings. The summed E-state index contributed by atoms with van der Waals surface area (Å²) >= 11 is 15.1. The van der Waals surface area contributed by atoms with Crippen LogP contribution in [0.15, 0.2) is 51.8 Å². The van der Waals surface area contributed by atoms with Gasteiger partial charge in [-0.05, 0) is 24.3 Å². The number of amides is 1. The van der Waals surface area contributed by atoms with E-state index in [0.717, 1.165) is 0 Å². The molecule has 2 rings (SSSR count). The lowest BCUT2D eigenvalue weighted by Crippen LogP contribution is -2.34. The molecular formula is C15H13BrCl2N2O3S. The van der Waals surface area contributed by atoms with E-state index >= 15 is 0 Å². The van der Waals surface area contributed by atoms with E-state index in [-0.39, 0.29) is 33.9 Å². The lowest BCUT2D eigenvalue weighted by Gasteiger charge is -2.11. The van der Waals surface area contributed by atoms with Crippen molar-refractivity contribution >= 4 is 55.1 Å². The Morgan fingerprint density at radius 1 is 1.04 bits per heavy atom. The molecule has 2 N–H and O–H groups in total. The molecule has 0 atom stereocenters. The van der Waals surface area contributed by atoms with Gasteiger partial charge in [0.2, 0.25) is 10.0 Å². The van der Waals surface area contributed by atoms with E-state index in [9.17, 15) is 13.2 Å². The van der Waals surface area contributed by atoms with E-state index in [4.69, 9.17) is 23.2 Å². The van der Waals surface area contributed by atoms with Gasteiger partial charge < -0.3 is 5.32 Å². The van der Waals surface area contributed by atoms with Gasteiger partial charge in [0.1, 0.15) is 4.90 Å². The van der Waals surface area contributed by atoms with Crippen LogP contribution in [0.4, 0.5) is 0 Å². The molecule has 2 aromatic rings. The summed E-state index contributed by atoms with van der Waals surface area (Å²) in [5, 5.41) is 2.64.